The Morgan fingerprint density at radius 2 is 2.46 bits per heavy atom. The maximum Gasteiger partial charge on any atom is 0.252 e. The number of hydrogen-bond acceptors (Lipinski definition) is 3. The smallest absolute Gasteiger partial charge is 0.252 e. The van der Waals surface area contributed by atoms with Crippen molar-refractivity contribution in [2.75, 3.05) is 0 Å². The average Bonchev–Trinajstić information content (AvgIpc) is 2.50. The number of primary amides is 1. The first-order valence-electron chi connectivity index (χ1n) is 3.40. The molecule has 0 atom stereocenters. The Hall–Kier alpha value is -1.62. The number of pyridine rings is 1. The van der Waals surface area contributed by atoms with Gasteiger partial charge in [0, 0.05) is 6.20 Å². The number of rotatable bonds is 1. The van der Waals surface area contributed by atoms with Crippen molar-refractivity contribution < 1.29 is 4.79 Å². The van der Waals surface area contributed by atoms with Crippen LogP contribution in [0.1, 0.15) is 10.4 Å². The molecule has 2 aromatic heterocycles. The van der Waals surface area contributed by atoms with Gasteiger partial charge in [-0.15, -0.1) is 0 Å². The summed E-state index contributed by atoms with van der Waals surface area (Å²) in [6, 6.07) is 0. The van der Waals surface area contributed by atoms with Crippen molar-refractivity contribution in [2.45, 2.75) is 0 Å². The van der Waals surface area contributed by atoms with Gasteiger partial charge in [-0.2, -0.15) is 0 Å². The van der Waals surface area contributed by atoms with E-state index in [1.165, 1.54) is 6.20 Å². The highest BCUT2D eigenvalue weighted by atomic mass is 35.5. The van der Waals surface area contributed by atoms with Gasteiger partial charge >= 0.3 is 0 Å². The molecule has 2 heterocycles. The molecule has 0 aliphatic heterocycles. The average molecular weight is 196 g/mol. The molecule has 5 nitrogen and oxygen atoms in total. The minimum atomic E-state index is -0.627. The maximum absolute atomic E-state index is 11.0. The zero-order valence-electron chi connectivity index (χ0n) is 6.34. The van der Waals surface area contributed by atoms with Gasteiger partial charge in [0.25, 0.3) is 5.91 Å². The van der Waals surface area contributed by atoms with Crippen molar-refractivity contribution in [1.82, 2.24) is 15.0 Å². The molecule has 0 aliphatic rings. The molecular weight excluding hydrogens is 192 g/mol. The molecule has 1 radical (unpaired) electrons. The van der Waals surface area contributed by atoms with Gasteiger partial charge < -0.3 is 10.7 Å². The summed E-state index contributed by atoms with van der Waals surface area (Å²) in [4.78, 5) is 21.3. The van der Waals surface area contributed by atoms with Gasteiger partial charge in [0.15, 0.2) is 12.0 Å². The van der Waals surface area contributed by atoms with Crippen molar-refractivity contribution in [1.29, 1.82) is 0 Å². The van der Waals surface area contributed by atoms with Crippen LogP contribution in [0.2, 0.25) is 5.02 Å². The van der Waals surface area contributed by atoms with Crippen LogP contribution in [0.5, 0.6) is 0 Å². The summed E-state index contributed by atoms with van der Waals surface area (Å²) in [7, 11) is 0. The monoisotopic (exact) mass is 195 g/mol. The van der Waals surface area contributed by atoms with Crippen LogP contribution >= 0.6 is 11.6 Å². The van der Waals surface area contributed by atoms with Crippen LogP contribution < -0.4 is 5.73 Å². The van der Waals surface area contributed by atoms with Gasteiger partial charge in [-0.05, 0) is 0 Å². The summed E-state index contributed by atoms with van der Waals surface area (Å²) in [6.07, 6.45) is 3.80. The number of H-pyrrole nitrogens is 1. The number of nitrogens with one attached hydrogen (secondary N) is 1. The minimum Gasteiger partial charge on any atom is -0.365 e. The lowest BCUT2D eigenvalue weighted by Crippen LogP contribution is -2.12. The number of aromatic amines is 1. The van der Waals surface area contributed by atoms with E-state index in [1.807, 2.05) is 0 Å². The number of amides is 1. The Balaban J connectivity index is 2.88. The van der Waals surface area contributed by atoms with E-state index in [9.17, 15) is 4.79 Å². The van der Waals surface area contributed by atoms with Crippen molar-refractivity contribution in [3.63, 3.8) is 0 Å². The predicted octanol–water partition coefficient (Wildman–Crippen LogP) is 0.510. The van der Waals surface area contributed by atoms with Gasteiger partial charge in [-0.25, -0.2) is 9.97 Å². The first-order valence-corrected chi connectivity index (χ1v) is 3.78. The Labute approximate surface area is 77.9 Å². The highest BCUT2D eigenvalue weighted by Gasteiger charge is 2.14. The number of carbonyl (C=O) groups is 1. The lowest BCUT2D eigenvalue weighted by molar-refractivity contribution is 0.100. The molecular formula is C7H4ClN4O. The van der Waals surface area contributed by atoms with Crippen LogP contribution in [0.3, 0.4) is 0 Å². The van der Waals surface area contributed by atoms with Crippen LogP contribution in [0.15, 0.2) is 6.20 Å². The molecule has 13 heavy (non-hydrogen) atoms. The summed E-state index contributed by atoms with van der Waals surface area (Å²) in [5.41, 5.74) is 6.08. The lowest BCUT2D eigenvalue weighted by Gasteiger charge is -1.98. The van der Waals surface area contributed by atoms with Gasteiger partial charge in [-0.1, -0.05) is 11.6 Å². The molecule has 0 saturated carbocycles. The third-order valence-electron chi connectivity index (χ3n) is 1.60. The number of carbonyl (C=O) groups excluding carboxylic acids is 1. The largest absolute Gasteiger partial charge is 0.365 e. The van der Waals surface area contributed by atoms with Gasteiger partial charge in [0.05, 0.1) is 10.6 Å². The number of nitrogens with two attached hydrogens (primary N) is 1. The summed E-state index contributed by atoms with van der Waals surface area (Å²) in [5.74, 6) is -0.627. The Bertz CT molecular complexity index is 478. The molecule has 3 N–H and O–H groups in total. The van der Waals surface area contributed by atoms with E-state index in [0.717, 1.165) is 0 Å². The van der Waals surface area contributed by atoms with Crippen molar-refractivity contribution >= 4 is 28.7 Å². The first kappa shape index (κ1) is 8.00. The number of imidazole rings is 1. The van der Waals surface area contributed by atoms with E-state index in [1.54, 1.807) is 0 Å². The highest BCUT2D eigenvalue weighted by Crippen LogP contribution is 2.20. The molecule has 2 rings (SSSR count). The highest BCUT2D eigenvalue weighted by molar-refractivity contribution is 6.35. The second-order valence-corrected chi connectivity index (χ2v) is 2.80. The number of halogens is 1. The molecule has 0 aliphatic carbocycles. The molecule has 0 fully saturated rings. The van der Waals surface area contributed by atoms with Gasteiger partial charge in [0.2, 0.25) is 0 Å². The van der Waals surface area contributed by atoms with Gasteiger partial charge in [0.1, 0.15) is 5.52 Å². The fraction of sp³-hybridized carbons (Fsp3) is 0. The van der Waals surface area contributed by atoms with E-state index in [-0.39, 0.29) is 10.6 Å². The summed E-state index contributed by atoms with van der Waals surface area (Å²) in [6.45, 7) is 0. The number of fused-ring (bicyclic) bond motifs is 1. The molecule has 0 aromatic carbocycles. The molecule has 6 heteroatoms. The first-order chi connectivity index (χ1) is 6.20. The molecule has 0 unspecified atom stereocenters. The predicted molar refractivity (Wildman–Crippen MR) is 46.3 cm³/mol. The number of nitrogens with zero attached hydrogens (tertiary/aromatic N) is 2. The molecule has 2 aromatic rings. The number of hydrogen-bond donors (Lipinski definition) is 2. The normalized spacial score (nSPS) is 10.5. The third kappa shape index (κ3) is 1.13. The van der Waals surface area contributed by atoms with E-state index in [0.29, 0.717) is 11.2 Å². The van der Waals surface area contributed by atoms with E-state index in [2.05, 4.69) is 21.3 Å². The van der Waals surface area contributed by atoms with Gasteiger partial charge in [-0.3, -0.25) is 4.79 Å². The van der Waals surface area contributed by atoms with Crippen LogP contribution in [-0.2, 0) is 0 Å². The van der Waals surface area contributed by atoms with Crippen LogP contribution in [-0.4, -0.2) is 20.9 Å². The Morgan fingerprint density at radius 3 is 3.15 bits per heavy atom. The second-order valence-electron chi connectivity index (χ2n) is 2.39. The Morgan fingerprint density at radius 1 is 1.69 bits per heavy atom. The van der Waals surface area contributed by atoms with Crippen molar-refractivity contribution in [3.8, 4) is 0 Å². The molecule has 65 valence electrons. The number of aromatic nitrogens is 3. The second kappa shape index (κ2) is 2.70. The third-order valence-corrected chi connectivity index (χ3v) is 1.88. The molecule has 1 amide bonds. The Kier molecular flexibility index (Phi) is 1.66. The minimum absolute atomic E-state index is 0.171. The lowest BCUT2D eigenvalue weighted by atomic mass is 10.2. The van der Waals surface area contributed by atoms with Crippen LogP contribution in [0.4, 0.5) is 0 Å². The molecule has 0 saturated heterocycles. The quantitative estimate of drug-likeness (QED) is 0.695. The molecule has 0 bridgehead atoms. The van der Waals surface area contributed by atoms with E-state index >= 15 is 0 Å². The SMILES string of the molecule is NC(=O)c1c(Cl)cnc2[nH][c]nc12. The maximum atomic E-state index is 11.0. The standard InChI is InChI=1S/C7H4ClN4O/c8-3-1-10-7-5(11-2-12-7)4(3)6(9)13/h1H,(H2,9,13)(H,10,11,12). The zero-order chi connectivity index (χ0) is 9.42. The fourth-order valence-corrected chi connectivity index (χ4v) is 1.28. The van der Waals surface area contributed by atoms with Crippen LogP contribution in [0, 0.1) is 6.33 Å². The topological polar surface area (TPSA) is 84.7 Å². The summed E-state index contributed by atoms with van der Waals surface area (Å²) >= 11 is 5.72. The van der Waals surface area contributed by atoms with Crippen LogP contribution in [0.25, 0.3) is 11.2 Å². The van der Waals surface area contributed by atoms with E-state index < -0.39 is 5.91 Å². The molecule has 0 spiro atoms. The van der Waals surface area contributed by atoms with Crippen molar-refractivity contribution in [3.05, 3.63) is 23.1 Å². The zero-order valence-corrected chi connectivity index (χ0v) is 7.09. The van der Waals surface area contributed by atoms with E-state index in [4.69, 9.17) is 17.3 Å². The van der Waals surface area contributed by atoms with Crippen molar-refractivity contribution in [2.24, 2.45) is 5.73 Å². The summed E-state index contributed by atoms with van der Waals surface area (Å²) in [5, 5.41) is 0.195. The fourth-order valence-electron chi connectivity index (χ4n) is 1.05. The summed E-state index contributed by atoms with van der Waals surface area (Å²) < 4.78 is 0.